The number of hydrogen-bond acceptors (Lipinski definition) is 4. The van der Waals surface area contributed by atoms with Crippen LogP contribution in [-0.4, -0.2) is 52.5 Å². The zero-order valence-electron chi connectivity index (χ0n) is 15.9. The van der Waals surface area contributed by atoms with Gasteiger partial charge in [0, 0.05) is 30.6 Å². The van der Waals surface area contributed by atoms with Crippen LogP contribution in [0.3, 0.4) is 0 Å². The zero-order chi connectivity index (χ0) is 19.4. The standard InChI is InChI=1S/C20H27N3O3S/c1-13-5-6-14(2)18-17(13)10-15(19(25)22-18)12-23(7-8-24)20(27)21-11-16-4-3-9-26-16/h5-6,10,16,24H,3-4,7-9,11-12H2,1-2H3,(H,21,27)(H,22,25)/t16-/m0/s1. The summed E-state index contributed by atoms with van der Waals surface area (Å²) in [5.41, 5.74) is 3.53. The van der Waals surface area contributed by atoms with Crippen LogP contribution >= 0.6 is 12.2 Å². The molecule has 1 fully saturated rings. The molecule has 3 rings (SSSR count). The highest BCUT2D eigenvalue weighted by atomic mass is 32.1. The molecule has 1 atom stereocenters. The number of aliphatic hydroxyl groups is 1. The van der Waals surface area contributed by atoms with E-state index in [2.05, 4.69) is 16.4 Å². The minimum Gasteiger partial charge on any atom is -0.395 e. The topological polar surface area (TPSA) is 77.6 Å². The summed E-state index contributed by atoms with van der Waals surface area (Å²) in [6, 6.07) is 6.00. The Morgan fingerprint density at radius 1 is 1.41 bits per heavy atom. The number of thiocarbonyl (C=S) groups is 1. The molecule has 27 heavy (non-hydrogen) atoms. The van der Waals surface area contributed by atoms with E-state index in [1.807, 2.05) is 30.9 Å². The monoisotopic (exact) mass is 389 g/mol. The van der Waals surface area contributed by atoms with Crippen molar-refractivity contribution in [3.8, 4) is 0 Å². The fourth-order valence-corrected chi connectivity index (χ4v) is 3.67. The number of aryl methyl sites for hydroxylation is 2. The summed E-state index contributed by atoms with van der Waals surface area (Å²) in [5.74, 6) is 0. The summed E-state index contributed by atoms with van der Waals surface area (Å²) in [4.78, 5) is 17.4. The predicted molar refractivity (Wildman–Crippen MR) is 111 cm³/mol. The van der Waals surface area contributed by atoms with E-state index in [9.17, 15) is 9.90 Å². The number of hydrogen-bond donors (Lipinski definition) is 3. The number of ether oxygens (including phenoxy) is 1. The Balaban J connectivity index is 1.79. The molecule has 0 radical (unpaired) electrons. The first-order valence-corrected chi connectivity index (χ1v) is 9.77. The lowest BCUT2D eigenvalue weighted by Gasteiger charge is -2.26. The summed E-state index contributed by atoms with van der Waals surface area (Å²) in [7, 11) is 0. The molecule has 0 aliphatic carbocycles. The molecule has 2 heterocycles. The largest absolute Gasteiger partial charge is 0.395 e. The Morgan fingerprint density at radius 3 is 2.89 bits per heavy atom. The van der Waals surface area contributed by atoms with Gasteiger partial charge in [0.15, 0.2) is 5.11 Å². The van der Waals surface area contributed by atoms with Gasteiger partial charge in [0.05, 0.1) is 24.8 Å². The number of aromatic amines is 1. The van der Waals surface area contributed by atoms with Crippen molar-refractivity contribution < 1.29 is 9.84 Å². The van der Waals surface area contributed by atoms with Crippen molar-refractivity contribution in [3.63, 3.8) is 0 Å². The first-order valence-electron chi connectivity index (χ1n) is 9.37. The smallest absolute Gasteiger partial charge is 0.253 e. The average molecular weight is 390 g/mol. The molecule has 0 amide bonds. The summed E-state index contributed by atoms with van der Waals surface area (Å²) in [6.45, 7) is 6.13. The molecular weight excluding hydrogens is 362 g/mol. The number of fused-ring (bicyclic) bond motifs is 1. The minimum absolute atomic E-state index is 0.0363. The SMILES string of the molecule is Cc1ccc(C)c2[nH]c(=O)c(CN(CCO)C(=S)NC[C@@H]3CCCO3)cc12. The maximum atomic E-state index is 12.6. The second-order valence-electron chi connectivity index (χ2n) is 7.08. The van der Waals surface area contributed by atoms with Crippen LogP contribution in [-0.2, 0) is 11.3 Å². The lowest BCUT2D eigenvalue weighted by atomic mass is 10.0. The number of rotatable bonds is 6. The van der Waals surface area contributed by atoms with Gasteiger partial charge in [-0.25, -0.2) is 0 Å². The van der Waals surface area contributed by atoms with E-state index < -0.39 is 0 Å². The Labute approximate surface area is 164 Å². The summed E-state index contributed by atoms with van der Waals surface area (Å²) in [5, 5.41) is 14.2. The first kappa shape index (κ1) is 19.8. The highest BCUT2D eigenvalue weighted by Crippen LogP contribution is 2.20. The number of aliphatic hydroxyl groups excluding tert-OH is 1. The molecular formula is C20H27N3O3S. The van der Waals surface area contributed by atoms with E-state index in [1.54, 1.807) is 0 Å². The summed E-state index contributed by atoms with van der Waals surface area (Å²) < 4.78 is 5.61. The van der Waals surface area contributed by atoms with Gasteiger partial charge >= 0.3 is 0 Å². The molecule has 1 aliphatic heterocycles. The average Bonchev–Trinajstić information content (AvgIpc) is 3.17. The fraction of sp³-hybridized carbons (Fsp3) is 0.500. The van der Waals surface area contributed by atoms with Gasteiger partial charge in [0.25, 0.3) is 5.56 Å². The number of pyridine rings is 1. The molecule has 6 nitrogen and oxygen atoms in total. The molecule has 3 N–H and O–H groups in total. The van der Waals surface area contributed by atoms with Crippen LogP contribution in [0.1, 0.15) is 29.5 Å². The lowest BCUT2D eigenvalue weighted by molar-refractivity contribution is 0.113. The van der Waals surface area contributed by atoms with Crippen LogP contribution in [0.2, 0.25) is 0 Å². The van der Waals surface area contributed by atoms with Crippen LogP contribution in [0, 0.1) is 13.8 Å². The highest BCUT2D eigenvalue weighted by Gasteiger charge is 2.18. The lowest BCUT2D eigenvalue weighted by Crippen LogP contribution is -2.44. The fourth-order valence-electron chi connectivity index (χ4n) is 3.43. The highest BCUT2D eigenvalue weighted by molar-refractivity contribution is 7.80. The molecule has 1 aromatic carbocycles. The van der Waals surface area contributed by atoms with Gasteiger partial charge in [-0.1, -0.05) is 12.1 Å². The van der Waals surface area contributed by atoms with E-state index in [0.717, 1.165) is 41.5 Å². The number of aromatic nitrogens is 1. The number of H-pyrrole nitrogens is 1. The first-order chi connectivity index (χ1) is 13.0. The van der Waals surface area contributed by atoms with Gasteiger partial charge in [-0.3, -0.25) is 4.79 Å². The van der Waals surface area contributed by atoms with E-state index in [-0.39, 0.29) is 18.3 Å². The van der Waals surface area contributed by atoms with Crippen LogP contribution in [0.4, 0.5) is 0 Å². The molecule has 146 valence electrons. The molecule has 1 aromatic heterocycles. The van der Waals surface area contributed by atoms with Gasteiger partial charge < -0.3 is 25.0 Å². The maximum Gasteiger partial charge on any atom is 0.253 e. The van der Waals surface area contributed by atoms with E-state index in [1.165, 1.54) is 0 Å². The van der Waals surface area contributed by atoms with Crippen LogP contribution in [0.25, 0.3) is 10.9 Å². The molecule has 1 saturated heterocycles. The Morgan fingerprint density at radius 2 is 2.19 bits per heavy atom. The molecule has 0 spiro atoms. The molecule has 0 unspecified atom stereocenters. The molecule has 7 heteroatoms. The maximum absolute atomic E-state index is 12.6. The quantitative estimate of drug-likeness (QED) is 0.656. The third-order valence-corrected chi connectivity index (χ3v) is 5.45. The van der Waals surface area contributed by atoms with E-state index in [0.29, 0.717) is 30.3 Å². The number of nitrogens with zero attached hydrogens (tertiary/aromatic N) is 1. The summed E-state index contributed by atoms with van der Waals surface area (Å²) >= 11 is 5.50. The van der Waals surface area contributed by atoms with Crippen molar-refractivity contribution in [2.45, 2.75) is 39.3 Å². The van der Waals surface area contributed by atoms with Gasteiger partial charge in [0.1, 0.15) is 0 Å². The third-order valence-electron chi connectivity index (χ3n) is 5.04. The van der Waals surface area contributed by atoms with Crippen molar-refractivity contribution in [2.24, 2.45) is 0 Å². The Kier molecular flexibility index (Phi) is 6.46. The van der Waals surface area contributed by atoms with Gasteiger partial charge in [-0.05, 0) is 56.1 Å². The molecule has 0 saturated carbocycles. The van der Waals surface area contributed by atoms with Gasteiger partial charge in [0.2, 0.25) is 0 Å². The van der Waals surface area contributed by atoms with Crippen LogP contribution in [0.15, 0.2) is 23.0 Å². The van der Waals surface area contributed by atoms with Crippen molar-refractivity contribution in [1.29, 1.82) is 0 Å². The van der Waals surface area contributed by atoms with Crippen molar-refractivity contribution in [2.75, 3.05) is 26.3 Å². The van der Waals surface area contributed by atoms with Crippen molar-refractivity contribution in [3.05, 3.63) is 45.2 Å². The normalized spacial score (nSPS) is 16.6. The minimum atomic E-state index is -0.124. The predicted octanol–water partition coefficient (Wildman–Crippen LogP) is 1.99. The third kappa shape index (κ3) is 4.66. The molecule has 2 aromatic rings. The Bertz CT molecular complexity index is 875. The van der Waals surface area contributed by atoms with E-state index >= 15 is 0 Å². The van der Waals surface area contributed by atoms with E-state index in [4.69, 9.17) is 17.0 Å². The van der Waals surface area contributed by atoms with Gasteiger partial charge in [-0.2, -0.15) is 0 Å². The Hall–Kier alpha value is -1.96. The number of benzene rings is 1. The van der Waals surface area contributed by atoms with Crippen LogP contribution in [0.5, 0.6) is 0 Å². The molecule has 1 aliphatic rings. The second kappa shape index (κ2) is 8.82. The zero-order valence-corrected chi connectivity index (χ0v) is 16.7. The molecule has 0 bridgehead atoms. The van der Waals surface area contributed by atoms with Crippen molar-refractivity contribution in [1.82, 2.24) is 15.2 Å². The van der Waals surface area contributed by atoms with Crippen molar-refractivity contribution >= 4 is 28.2 Å². The van der Waals surface area contributed by atoms with Gasteiger partial charge in [-0.15, -0.1) is 0 Å². The second-order valence-corrected chi connectivity index (χ2v) is 7.46. The summed E-state index contributed by atoms with van der Waals surface area (Å²) in [6.07, 6.45) is 2.28. The van der Waals surface area contributed by atoms with Crippen LogP contribution < -0.4 is 10.9 Å². The number of nitrogens with one attached hydrogen (secondary N) is 2.